The Morgan fingerprint density at radius 3 is 2.68 bits per heavy atom. The molecule has 0 aliphatic carbocycles. The highest BCUT2D eigenvalue weighted by Gasteiger charge is 2.15. The van der Waals surface area contributed by atoms with Gasteiger partial charge in [0.05, 0.1) is 16.4 Å². The zero-order valence-corrected chi connectivity index (χ0v) is 17.6. The van der Waals surface area contributed by atoms with Crippen molar-refractivity contribution < 1.29 is 4.79 Å². The first-order valence-corrected chi connectivity index (χ1v) is 10.4. The first-order chi connectivity index (χ1) is 15.1. The number of hydrogen-bond donors (Lipinski definition) is 1. The summed E-state index contributed by atoms with van der Waals surface area (Å²) in [4.78, 5) is 21.7. The number of aryl methyl sites for hydroxylation is 2. The molecule has 152 valence electrons. The van der Waals surface area contributed by atoms with E-state index in [2.05, 4.69) is 25.5 Å². The van der Waals surface area contributed by atoms with Crippen molar-refractivity contribution in [3.63, 3.8) is 0 Å². The third-order valence-corrected chi connectivity index (χ3v) is 5.78. The second-order valence-corrected chi connectivity index (χ2v) is 8.14. The number of carbonyl (C=O) groups excluding carboxylic acids is 1. The molecule has 4 heterocycles. The van der Waals surface area contributed by atoms with Crippen molar-refractivity contribution >= 4 is 28.6 Å². The van der Waals surface area contributed by atoms with E-state index in [9.17, 15) is 4.79 Å². The van der Waals surface area contributed by atoms with E-state index in [0.29, 0.717) is 22.0 Å². The highest BCUT2D eigenvalue weighted by Crippen LogP contribution is 2.24. The van der Waals surface area contributed by atoms with Gasteiger partial charge in [-0.05, 0) is 50.2 Å². The van der Waals surface area contributed by atoms with E-state index >= 15 is 0 Å². The van der Waals surface area contributed by atoms with Crippen LogP contribution in [0, 0.1) is 13.8 Å². The molecule has 0 unspecified atom stereocenters. The van der Waals surface area contributed by atoms with Gasteiger partial charge in [0.15, 0.2) is 11.5 Å². The Balaban J connectivity index is 1.48. The summed E-state index contributed by atoms with van der Waals surface area (Å²) in [6.45, 7) is 3.73. The molecule has 8 nitrogen and oxygen atoms in total. The number of benzene rings is 1. The number of aromatic nitrogens is 6. The van der Waals surface area contributed by atoms with E-state index in [-0.39, 0.29) is 5.91 Å². The smallest absolute Gasteiger partial charge is 0.267 e. The lowest BCUT2D eigenvalue weighted by Crippen LogP contribution is -2.11. The lowest BCUT2D eigenvalue weighted by Gasteiger charge is -2.07. The van der Waals surface area contributed by atoms with Crippen LogP contribution >= 0.6 is 11.3 Å². The van der Waals surface area contributed by atoms with Crippen LogP contribution in [0.2, 0.25) is 0 Å². The number of thiazole rings is 1. The number of amides is 1. The van der Waals surface area contributed by atoms with E-state index < -0.39 is 0 Å². The van der Waals surface area contributed by atoms with Crippen LogP contribution < -0.4 is 5.32 Å². The summed E-state index contributed by atoms with van der Waals surface area (Å²) in [5.74, 6) is 0.451. The Morgan fingerprint density at radius 2 is 1.90 bits per heavy atom. The standard InChI is InChI=1S/C22H17N7OS/c1-13-20(31-14(2)24-13)22(30)25-17-7-3-5-15(11-17)18-8-9-19-26-27-21(29(19)28-18)16-6-4-10-23-12-16/h3-12H,1-2H3,(H,25,30). The van der Waals surface area contributed by atoms with Crippen LogP contribution in [0.5, 0.6) is 0 Å². The zero-order valence-electron chi connectivity index (χ0n) is 16.8. The molecule has 1 amide bonds. The molecule has 0 atom stereocenters. The lowest BCUT2D eigenvalue weighted by atomic mass is 10.1. The molecule has 0 spiro atoms. The van der Waals surface area contributed by atoms with E-state index in [1.165, 1.54) is 11.3 Å². The molecule has 0 bridgehead atoms. The molecule has 0 fully saturated rings. The number of fused-ring (bicyclic) bond motifs is 1. The maximum Gasteiger partial charge on any atom is 0.267 e. The van der Waals surface area contributed by atoms with Crippen molar-refractivity contribution in [2.24, 2.45) is 0 Å². The Morgan fingerprint density at radius 1 is 1.03 bits per heavy atom. The third-order valence-electron chi connectivity index (χ3n) is 4.71. The number of pyridine rings is 1. The van der Waals surface area contributed by atoms with Crippen LogP contribution in [0.15, 0.2) is 60.9 Å². The summed E-state index contributed by atoms with van der Waals surface area (Å²) in [7, 11) is 0. The molecule has 5 rings (SSSR count). The SMILES string of the molecule is Cc1nc(C)c(C(=O)Nc2cccc(-c3ccc4nnc(-c5cccnc5)n4n3)c2)s1. The van der Waals surface area contributed by atoms with Crippen LogP contribution in [-0.2, 0) is 0 Å². The second-order valence-electron chi connectivity index (χ2n) is 6.94. The molecular weight excluding hydrogens is 410 g/mol. The number of nitrogens with zero attached hydrogens (tertiary/aromatic N) is 6. The summed E-state index contributed by atoms with van der Waals surface area (Å²) < 4.78 is 1.70. The number of hydrogen-bond acceptors (Lipinski definition) is 7. The number of anilines is 1. The van der Waals surface area contributed by atoms with Gasteiger partial charge >= 0.3 is 0 Å². The first-order valence-electron chi connectivity index (χ1n) is 9.57. The van der Waals surface area contributed by atoms with Crippen molar-refractivity contribution in [3.8, 4) is 22.6 Å². The van der Waals surface area contributed by atoms with Crippen LogP contribution in [0.1, 0.15) is 20.4 Å². The maximum atomic E-state index is 12.7. The molecule has 1 N–H and O–H groups in total. The first kappa shape index (κ1) is 19.0. The van der Waals surface area contributed by atoms with Crippen molar-refractivity contribution in [1.82, 2.24) is 29.8 Å². The van der Waals surface area contributed by atoms with Crippen LogP contribution in [-0.4, -0.2) is 35.7 Å². The number of rotatable bonds is 4. The molecule has 9 heteroatoms. The van der Waals surface area contributed by atoms with Gasteiger partial charge in [-0.25, -0.2) is 4.98 Å². The van der Waals surface area contributed by atoms with Gasteiger partial charge in [-0.1, -0.05) is 12.1 Å². The molecule has 1 aromatic carbocycles. The molecule has 4 aromatic heterocycles. The van der Waals surface area contributed by atoms with Gasteiger partial charge in [0.25, 0.3) is 5.91 Å². The fraction of sp³-hybridized carbons (Fsp3) is 0.0909. The van der Waals surface area contributed by atoms with E-state index in [4.69, 9.17) is 5.10 Å². The van der Waals surface area contributed by atoms with Crippen molar-refractivity contribution in [2.45, 2.75) is 13.8 Å². The molecule has 31 heavy (non-hydrogen) atoms. The van der Waals surface area contributed by atoms with Crippen LogP contribution in [0.25, 0.3) is 28.3 Å². The molecule has 0 aliphatic rings. The Hall–Kier alpha value is -3.98. The molecule has 0 aliphatic heterocycles. The number of carbonyl (C=O) groups is 1. The predicted molar refractivity (Wildman–Crippen MR) is 119 cm³/mol. The number of nitrogens with one attached hydrogen (secondary N) is 1. The highest BCUT2D eigenvalue weighted by molar-refractivity contribution is 7.13. The summed E-state index contributed by atoms with van der Waals surface area (Å²) >= 11 is 1.39. The largest absolute Gasteiger partial charge is 0.321 e. The van der Waals surface area contributed by atoms with Gasteiger partial charge in [-0.2, -0.15) is 9.61 Å². The quantitative estimate of drug-likeness (QED) is 0.462. The molecule has 0 saturated heterocycles. The lowest BCUT2D eigenvalue weighted by molar-refractivity contribution is 0.103. The minimum Gasteiger partial charge on any atom is -0.321 e. The molecular formula is C22H17N7OS. The zero-order chi connectivity index (χ0) is 21.4. The van der Waals surface area contributed by atoms with Crippen molar-refractivity contribution in [3.05, 3.63) is 76.5 Å². The normalized spacial score (nSPS) is 11.0. The second kappa shape index (κ2) is 7.69. The third kappa shape index (κ3) is 3.66. The summed E-state index contributed by atoms with van der Waals surface area (Å²) in [5.41, 5.74) is 4.49. The molecule has 0 radical (unpaired) electrons. The van der Waals surface area contributed by atoms with Gasteiger partial charge in [0.1, 0.15) is 4.88 Å². The summed E-state index contributed by atoms with van der Waals surface area (Å²) in [5, 5.41) is 17.0. The minimum absolute atomic E-state index is 0.165. The van der Waals surface area contributed by atoms with Gasteiger partial charge in [-0.3, -0.25) is 9.78 Å². The monoisotopic (exact) mass is 427 g/mol. The topological polar surface area (TPSA) is 98.0 Å². The fourth-order valence-electron chi connectivity index (χ4n) is 3.30. The van der Waals surface area contributed by atoms with E-state index in [1.807, 2.05) is 62.4 Å². The van der Waals surface area contributed by atoms with Crippen molar-refractivity contribution in [2.75, 3.05) is 5.32 Å². The van der Waals surface area contributed by atoms with Crippen LogP contribution in [0.4, 0.5) is 5.69 Å². The van der Waals surface area contributed by atoms with Gasteiger partial charge in [0, 0.05) is 29.2 Å². The van der Waals surface area contributed by atoms with Gasteiger partial charge < -0.3 is 5.32 Å². The van der Waals surface area contributed by atoms with Gasteiger partial charge in [-0.15, -0.1) is 21.5 Å². The van der Waals surface area contributed by atoms with Crippen molar-refractivity contribution in [1.29, 1.82) is 0 Å². The molecule has 0 saturated carbocycles. The fourth-order valence-corrected chi connectivity index (χ4v) is 4.12. The average Bonchev–Trinajstić information content (AvgIpc) is 3.36. The molecule has 5 aromatic rings. The van der Waals surface area contributed by atoms with Gasteiger partial charge in [0.2, 0.25) is 0 Å². The summed E-state index contributed by atoms with van der Waals surface area (Å²) in [6, 6.07) is 15.1. The Kier molecular flexibility index (Phi) is 4.72. The average molecular weight is 427 g/mol. The predicted octanol–water partition coefficient (Wildman–Crippen LogP) is 4.18. The Labute approximate surface area is 181 Å². The Bertz CT molecular complexity index is 1410. The van der Waals surface area contributed by atoms with E-state index in [1.54, 1.807) is 16.9 Å². The minimum atomic E-state index is -0.165. The highest BCUT2D eigenvalue weighted by atomic mass is 32.1. The summed E-state index contributed by atoms with van der Waals surface area (Å²) in [6.07, 6.45) is 3.44. The van der Waals surface area contributed by atoms with E-state index in [0.717, 1.165) is 27.5 Å². The maximum absolute atomic E-state index is 12.7. The van der Waals surface area contributed by atoms with Crippen LogP contribution in [0.3, 0.4) is 0 Å².